The van der Waals surface area contributed by atoms with Gasteiger partial charge in [-0.3, -0.25) is 9.59 Å². The summed E-state index contributed by atoms with van der Waals surface area (Å²) in [6, 6.07) is 8.36. The average Bonchev–Trinajstić information content (AvgIpc) is 3.13. The summed E-state index contributed by atoms with van der Waals surface area (Å²) >= 11 is 0. The summed E-state index contributed by atoms with van der Waals surface area (Å²) in [7, 11) is 3.63. The lowest BCUT2D eigenvalue weighted by Gasteiger charge is -2.60. The molecule has 5 heteroatoms. The van der Waals surface area contributed by atoms with Crippen molar-refractivity contribution in [3.63, 3.8) is 0 Å². The lowest BCUT2D eigenvalue weighted by Crippen LogP contribution is -2.60. The molecule has 5 rings (SSSR count). The van der Waals surface area contributed by atoms with Gasteiger partial charge in [-0.05, 0) is 85.5 Å². The van der Waals surface area contributed by atoms with E-state index >= 15 is 0 Å². The predicted octanol–water partition coefficient (Wildman–Crippen LogP) is 4.36. The molecule has 0 radical (unpaired) electrons. The van der Waals surface area contributed by atoms with Gasteiger partial charge in [0.2, 0.25) is 11.8 Å². The first kappa shape index (κ1) is 22.5. The van der Waals surface area contributed by atoms with Crippen molar-refractivity contribution in [3.05, 3.63) is 42.0 Å². The summed E-state index contributed by atoms with van der Waals surface area (Å²) in [5.41, 5.74) is 1.22. The molecule has 0 spiro atoms. The number of nitrogens with one attached hydrogen (secondary N) is 1. The minimum absolute atomic E-state index is 0.0700. The number of carbonyl (C=O) groups excluding carboxylic acids is 2. The van der Waals surface area contributed by atoms with E-state index in [9.17, 15) is 9.59 Å². The molecule has 1 heterocycles. The summed E-state index contributed by atoms with van der Waals surface area (Å²) in [6.45, 7) is 4.82. The molecule has 0 saturated heterocycles. The van der Waals surface area contributed by atoms with E-state index in [0.717, 1.165) is 30.6 Å². The maximum absolute atomic E-state index is 13.0. The lowest BCUT2D eigenvalue weighted by molar-refractivity contribution is -0.138. The van der Waals surface area contributed by atoms with Crippen molar-refractivity contribution in [1.82, 2.24) is 10.2 Å². The van der Waals surface area contributed by atoms with Crippen molar-refractivity contribution < 1.29 is 14.3 Å². The van der Waals surface area contributed by atoms with Gasteiger partial charge in [0, 0.05) is 24.5 Å². The molecule has 4 aliphatic rings. The summed E-state index contributed by atoms with van der Waals surface area (Å²) in [5, 5.41) is 3.43. The number of hydrogen-bond acceptors (Lipinski definition) is 3. The van der Waals surface area contributed by atoms with Gasteiger partial charge in [0.05, 0.1) is 13.5 Å². The predicted molar refractivity (Wildman–Crippen MR) is 129 cm³/mol. The molecule has 178 valence electrons. The van der Waals surface area contributed by atoms with Crippen LogP contribution in [0, 0.1) is 28.6 Å². The fraction of sp³-hybridized carbons (Fsp3) is 0.643. The number of nitrogens with zero attached hydrogens (tertiary/aromatic N) is 1. The van der Waals surface area contributed by atoms with Crippen LogP contribution < -0.4 is 10.1 Å². The van der Waals surface area contributed by atoms with E-state index in [-0.39, 0.29) is 28.7 Å². The molecule has 3 aliphatic carbocycles. The summed E-state index contributed by atoms with van der Waals surface area (Å²) in [4.78, 5) is 27.3. The van der Waals surface area contributed by atoms with Crippen molar-refractivity contribution in [2.24, 2.45) is 28.6 Å². The van der Waals surface area contributed by atoms with Gasteiger partial charge < -0.3 is 15.0 Å². The minimum Gasteiger partial charge on any atom is -0.497 e. The lowest BCUT2D eigenvalue weighted by atomic mass is 9.48. The van der Waals surface area contributed by atoms with E-state index in [2.05, 4.69) is 25.2 Å². The molecular weight excluding hydrogens is 412 g/mol. The zero-order valence-electron chi connectivity index (χ0n) is 20.5. The second-order valence-electron chi connectivity index (χ2n) is 11.4. The molecule has 0 bridgehead atoms. The Labute approximate surface area is 197 Å². The van der Waals surface area contributed by atoms with Crippen LogP contribution in [-0.4, -0.2) is 43.0 Å². The normalized spacial score (nSPS) is 39.5. The Hall–Kier alpha value is -2.30. The molecule has 3 saturated carbocycles. The molecule has 1 N–H and O–H groups in total. The van der Waals surface area contributed by atoms with Crippen molar-refractivity contribution >= 4 is 11.8 Å². The molecule has 0 aromatic heterocycles. The number of likely N-dealkylation sites (N-methyl/N-ethyl adjacent to an activating group) is 1. The molecule has 7 atom stereocenters. The standard InChI is InChI=1S/C28H38N2O3/c1-27-14-12-22-20(8-11-24-28(22,2)15-13-26(32)30(24)3)21(27)9-10-23(27)29-25(31)17-18-6-5-7-19(16-18)33-4/h5-7,13,15-16,20-24H,8-12,14,17H2,1-4H3,(H,29,31)/t20-,21-,22-,23-,24+,27-,28+/m0/s1. The number of benzene rings is 1. The van der Waals surface area contributed by atoms with Crippen LogP contribution in [0.2, 0.25) is 0 Å². The first-order valence-electron chi connectivity index (χ1n) is 12.6. The van der Waals surface area contributed by atoms with Crippen molar-refractivity contribution in [1.29, 1.82) is 0 Å². The zero-order chi connectivity index (χ0) is 23.4. The Kier molecular flexibility index (Phi) is 5.57. The molecule has 0 unspecified atom stereocenters. The van der Waals surface area contributed by atoms with Gasteiger partial charge in [0.25, 0.3) is 0 Å². The second kappa shape index (κ2) is 8.18. The van der Waals surface area contributed by atoms with Gasteiger partial charge in [0.1, 0.15) is 5.75 Å². The molecule has 1 aliphatic heterocycles. The Bertz CT molecular complexity index is 974. The Morgan fingerprint density at radius 3 is 2.76 bits per heavy atom. The topological polar surface area (TPSA) is 58.6 Å². The molecule has 2 amide bonds. The van der Waals surface area contributed by atoms with Crippen molar-refractivity contribution in [2.45, 2.75) is 70.9 Å². The van der Waals surface area contributed by atoms with Crippen LogP contribution in [0.25, 0.3) is 0 Å². The van der Waals surface area contributed by atoms with Crippen LogP contribution in [0.4, 0.5) is 0 Å². The number of methoxy groups -OCH3 is 1. The number of ether oxygens (including phenoxy) is 1. The number of hydrogen-bond donors (Lipinski definition) is 1. The quantitative estimate of drug-likeness (QED) is 0.741. The highest BCUT2D eigenvalue weighted by Gasteiger charge is 2.60. The van der Waals surface area contributed by atoms with E-state index in [1.807, 2.05) is 42.3 Å². The third-order valence-electron chi connectivity index (χ3n) is 9.96. The maximum Gasteiger partial charge on any atom is 0.246 e. The van der Waals surface area contributed by atoms with Gasteiger partial charge in [-0.1, -0.05) is 32.1 Å². The van der Waals surface area contributed by atoms with Crippen LogP contribution in [0.3, 0.4) is 0 Å². The Morgan fingerprint density at radius 2 is 1.97 bits per heavy atom. The Balaban J connectivity index is 1.30. The summed E-state index contributed by atoms with van der Waals surface area (Å²) < 4.78 is 5.31. The SMILES string of the molecule is COc1cccc(CC(=O)N[C@H]2CC[C@H]3[C@@H]4CC[C@H]5N(C)C(=O)C=C[C@]5(C)[C@H]4CC[C@]23C)c1. The number of fused-ring (bicyclic) bond motifs is 5. The number of rotatable bonds is 4. The third kappa shape index (κ3) is 3.59. The second-order valence-corrected chi connectivity index (χ2v) is 11.4. The van der Waals surface area contributed by atoms with Gasteiger partial charge in [-0.25, -0.2) is 0 Å². The van der Waals surface area contributed by atoms with Crippen LogP contribution in [0.5, 0.6) is 5.75 Å². The average molecular weight is 451 g/mol. The smallest absolute Gasteiger partial charge is 0.246 e. The highest BCUT2D eigenvalue weighted by atomic mass is 16.5. The molecule has 5 nitrogen and oxygen atoms in total. The first-order chi connectivity index (χ1) is 15.8. The van der Waals surface area contributed by atoms with E-state index < -0.39 is 0 Å². The van der Waals surface area contributed by atoms with Gasteiger partial charge in [-0.2, -0.15) is 0 Å². The summed E-state index contributed by atoms with van der Waals surface area (Å²) in [6.07, 6.45) is 11.3. The van der Waals surface area contributed by atoms with Crippen LogP contribution >= 0.6 is 0 Å². The monoisotopic (exact) mass is 450 g/mol. The summed E-state index contributed by atoms with van der Waals surface area (Å²) in [5.74, 6) is 3.00. The largest absolute Gasteiger partial charge is 0.497 e. The third-order valence-corrected chi connectivity index (χ3v) is 9.96. The zero-order valence-corrected chi connectivity index (χ0v) is 20.5. The van der Waals surface area contributed by atoms with E-state index in [4.69, 9.17) is 4.74 Å². The van der Waals surface area contributed by atoms with Crippen molar-refractivity contribution in [2.75, 3.05) is 14.2 Å². The van der Waals surface area contributed by atoms with Crippen molar-refractivity contribution in [3.8, 4) is 5.75 Å². The van der Waals surface area contributed by atoms with Crippen LogP contribution in [0.15, 0.2) is 36.4 Å². The van der Waals surface area contributed by atoms with Gasteiger partial charge >= 0.3 is 0 Å². The van der Waals surface area contributed by atoms with Gasteiger partial charge in [-0.15, -0.1) is 0 Å². The maximum atomic E-state index is 13.0. The molecule has 33 heavy (non-hydrogen) atoms. The molecule has 3 fully saturated rings. The highest BCUT2D eigenvalue weighted by Crippen LogP contribution is 2.63. The number of carbonyl (C=O) groups is 2. The minimum atomic E-state index is 0.0700. The van der Waals surface area contributed by atoms with E-state index in [1.54, 1.807) is 7.11 Å². The number of amides is 2. The van der Waals surface area contributed by atoms with Gasteiger partial charge in [0.15, 0.2) is 0 Å². The first-order valence-corrected chi connectivity index (χ1v) is 12.6. The van der Waals surface area contributed by atoms with Crippen LogP contribution in [-0.2, 0) is 16.0 Å². The van der Waals surface area contributed by atoms with E-state index in [1.165, 1.54) is 19.3 Å². The molecule has 1 aromatic carbocycles. The van der Waals surface area contributed by atoms with Crippen LogP contribution in [0.1, 0.15) is 57.9 Å². The highest BCUT2D eigenvalue weighted by molar-refractivity contribution is 5.89. The molecular formula is C28H38N2O3. The Morgan fingerprint density at radius 1 is 1.15 bits per heavy atom. The fourth-order valence-electron chi connectivity index (χ4n) is 8.19. The fourth-order valence-corrected chi connectivity index (χ4v) is 8.19. The van der Waals surface area contributed by atoms with E-state index in [0.29, 0.717) is 30.2 Å². The molecule has 1 aromatic rings.